The van der Waals surface area contributed by atoms with E-state index in [0.717, 1.165) is 12.1 Å². The maximum Gasteiger partial charge on any atom is 0.201 e. The summed E-state index contributed by atoms with van der Waals surface area (Å²) in [5.41, 5.74) is 0.867. The molecule has 4 heteroatoms. The van der Waals surface area contributed by atoms with Crippen molar-refractivity contribution in [2.24, 2.45) is 20.2 Å². The molecule has 0 amide bonds. The number of nitrogens with zero attached hydrogens (tertiary/aromatic N) is 4. The van der Waals surface area contributed by atoms with Crippen LogP contribution >= 0.6 is 0 Å². The lowest BCUT2D eigenvalue weighted by atomic mass is 10.2. The fraction of sp³-hybridized carbons (Fsp3) is 0.429. The van der Waals surface area contributed by atoms with Gasteiger partial charge < -0.3 is 0 Å². The van der Waals surface area contributed by atoms with E-state index >= 15 is 0 Å². The molecule has 0 saturated carbocycles. The van der Waals surface area contributed by atoms with Crippen LogP contribution in [0.2, 0.25) is 0 Å². The molecule has 2 rings (SSSR count). The lowest BCUT2D eigenvalue weighted by molar-refractivity contribution is 0.733. The van der Waals surface area contributed by atoms with E-state index < -0.39 is 0 Å². The predicted molar refractivity (Wildman–Crippen MR) is 42.9 cm³/mol. The number of rotatable bonds is 1. The van der Waals surface area contributed by atoms with Crippen LogP contribution in [0.15, 0.2) is 32.0 Å². The zero-order valence-corrected chi connectivity index (χ0v) is 6.23. The Hall–Kier alpha value is -1.32. The Morgan fingerprint density at radius 1 is 1.55 bits per heavy atom. The van der Waals surface area contributed by atoms with Gasteiger partial charge >= 0.3 is 0 Å². The minimum Gasteiger partial charge on any atom is -0.233 e. The average Bonchev–Trinajstić information content (AvgIpc) is 2.50. The molecular formula is C7H8N4. The van der Waals surface area contributed by atoms with Crippen LogP contribution in [-0.2, 0) is 0 Å². The number of hydrogen-bond donors (Lipinski definition) is 0. The third kappa shape index (κ3) is 1.00. The van der Waals surface area contributed by atoms with Crippen molar-refractivity contribution in [2.75, 3.05) is 0 Å². The molecule has 11 heavy (non-hydrogen) atoms. The number of azo groups is 1. The van der Waals surface area contributed by atoms with Crippen molar-refractivity contribution < 1.29 is 0 Å². The van der Waals surface area contributed by atoms with Crippen molar-refractivity contribution in [3.63, 3.8) is 0 Å². The molecule has 0 aromatic carbocycles. The molecule has 1 unspecified atom stereocenters. The second-order valence-corrected chi connectivity index (χ2v) is 2.44. The van der Waals surface area contributed by atoms with E-state index in [4.69, 9.17) is 0 Å². The third-order valence-corrected chi connectivity index (χ3v) is 1.68. The van der Waals surface area contributed by atoms with Crippen LogP contribution in [-0.4, -0.2) is 18.2 Å². The molecular weight excluding hydrogens is 140 g/mol. The van der Waals surface area contributed by atoms with Crippen LogP contribution in [0.4, 0.5) is 0 Å². The summed E-state index contributed by atoms with van der Waals surface area (Å²) in [6, 6.07) is 0.194. The summed E-state index contributed by atoms with van der Waals surface area (Å²) in [5.74, 6) is 0.648. The van der Waals surface area contributed by atoms with Crippen molar-refractivity contribution in [3.8, 4) is 0 Å². The Kier molecular flexibility index (Phi) is 1.38. The van der Waals surface area contributed by atoms with Crippen LogP contribution in [0, 0.1) is 0 Å². The molecule has 0 bridgehead atoms. The molecule has 2 aliphatic heterocycles. The third-order valence-electron chi connectivity index (χ3n) is 1.68. The van der Waals surface area contributed by atoms with Crippen molar-refractivity contribution in [1.82, 2.24) is 0 Å². The van der Waals surface area contributed by atoms with Gasteiger partial charge in [0, 0.05) is 0 Å². The Labute approximate surface area is 64.5 Å². The largest absolute Gasteiger partial charge is 0.233 e. The van der Waals surface area contributed by atoms with Crippen LogP contribution < -0.4 is 0 Å². The smallest absolute Gasteiger partial charge is 0.201 e. The summed E-state index contributed by atoms with van der Waals surface area (Å²) < 4.78 is 0. The Morgan fingerprint density at radius 2 is 2.45 bits per heavy atom. The van der Waals surface area contributed by atoms with E-state index in [1.165, 1.54) is 6.34 Å². The maximum atomic E-state index is 4.03. The van der Waals surface area contributed by atoms with Gasteiger partial charge in [-0.05, 0) is 12.5 Å². The normalized spacial score (nSPS) is 26.5. The monoisotopic (exact) mass is 148 g/mol. The highest BCUT2D eigenvalue weighted by molar-refractivity contribution is 6.07. The summed E-state index contributed by atoms with van der Waals surface area (Å²) in [7, 11) is 0. The molecule has 0 fully saturated rings. The standard InChI is InChI=1S/C7H8N4/c1-2-5-3-6-7(11-10-5)9-4-8-6/h3-5H,2H2,1H3. The van der Waals surface area contributed by atoms with Crippen molar-refractivity contribution >= 4 is 12.2 Å². The fourth-order valence-corrected chi connectivity index (χ4v) is 1.01. The second-order valence-electron chi connectivity index (χ2n) is 2.44. The first-order valence-electron chi connectivity index (χ1n) is 3.63. The molecule has 4 nitrogen and oxygen atoms in total. The Bertz CT molecular complexity index is 285. The van der Waals surface area contributed by atoms with Gasteiger partial charge in [0.05, 0.1) is 6.04 Å². The van der Waals surface area contributed by atoms with Crippen LogP contribution in [0.1, 0.15) is 13.3 Å². The number of amidine groups is 1. The van der Waals surface area contributed by atoms with Crippen LogP contribution in [0.5, 0.6) is 0 Å². The van der Waals surface area contributed by atoms with E-state index in [0.29, 0.717) is 5.84 Å². The fourth-order valence-electron chi connectivity index (χ4n) is 1.01. The first-order chi connectivity index (χ1) is 5.40. The molecule has 0 aliphatic carbocycles. The number of fused-ring (bicyclic) bond motifs is 1. The second kappa shape index (κ2) is 2.38. The maximum absolute atomic E-state index is 4.03. The summed E-state index contributed by atoms with van der Waals surface area (Å²) in [6.07, 6.45) is 4.48. The quantitative estimate of drug-likeness (QED) is 0.541. The van der Waals surface area contributed by atoms with Crippen molar-refractivity contribution in [1.29, 1.82) is 0 Å². The van der Waals surface area contributed by atoms with Gasteiger partial charge in [0.25, 0.3) is 0 Å². The van der Waals surface area contributed by atoms with E-state index in [2.05, 4.69) is 27.1 Å². The molecule has 0 radical (unpaired) electrons. The van der Waals surface area contributed by atoms with Gasteiger partial charge in [0.2, 0.25) is 5.84 Å². The molecule has 0 N–H and O–H groups in total. The average molecular weight is 148 g/mol. The molecule has 56 valence electrons. The molecule has 0 aromatic rings. The van der Waals surface area contributed by atoms with Crippen molar-refractivity contribution in [2.45, 2.75) is 19.4 Å². The number of aliphatic imine (C=N–C) groups is 2. The minimum atomic E-state index is 0.194. The summed E-state index contributed by atoms with van der Waals surface area (Å²) in [4.78, 5) is 7.96. The van der Waals surface area contributed by atoms with Crippen LogP contribution in [0.25, 0.3) is 0 Å². The lowest BCUT2D eigenvalue weighted by Gasteiger charge is -2.07. The van der Waals surface area contributed by atoms with Gasteiger partial charge in [0.15, 0.2) is 0 Å². The highest BCUT2D eigenvalue weighted by Gasteiger charge is 2.16. The summed E-state index contributed by atoms with van der Waals surface area (Å²) in [5, 5.41) is 7.95. The first kappa shape index (κ1) is 6.39. The zero-order valence-electron chi connectivity index (χ0n) is 6.23. The Morgan fingerprint density at radius 3 is 3.27 bits per heavy atom. The minimum absolute atomic E-state index is 0.194. The molecule has 2 aliphatic rings. The molecule has 2 heterocycles. The van der Waals surface area contributed by atoms with E-state index in [1.807, 2.05) is 6.08 Å². The van der Waals surface area contributed by atoms with Gasteiger partial charge in [-0.25, -0.2) is 9.98 Å². The van der Waals surface area contributed by atoms with E-state index in [9.17, 15) is 0 Å². The predicted octanol–water partition coefficient (Wildman–Crippen LogP) is 1.56. The SMILES string of the molecule is CCC1C=C2N=CN=C2N=N1. The van der Waals surface area contributed by atoms with Gasteiger partial charge in [-0.2, -0.15) is 5.11 Å². The van der Waals surface area contributed by atoms with Gasteiger partial charge in [0.1, 0.15) is 12.0 Å². The molecule has 1 atom stereocenters. The summed E-state index contributed by atoms with van der Waals surface area (Å²) >= 11 is 0. The molecule has 0 aromatic heterocycles. The number of hydrogen-bond acceptors (Lipinski definition) is 4. The van der Waals surface area contributed by atoms with Gasteiger partial charge in [-0.15, -0.1) is 5.11 Å². The topological polar surface area (TPSA) is 49.4 Å². The molecule has 0 saturated heterocycles. The highest BCUT2D eigenvalue weighted by Crippen LogP contribution is 2.17. The lowest BCUT2D eigenvalue weighted by Crippen LogP contribution is -2.07. The Balaban J connectivity index is 2.30. The molecule has 0 spiro atoms. The van der Waals surface area contributed by atoms with Crippen molar-refractivity contribution in [3.05, 3.63) is 11.8 Å². The van der Waals surface area contributed by atoms with Gasteiger partial charge in [-0.3, -0.25) is 0 Å². The zero-order chi connectivity index (χ0) is 7.68. The summed E-state index contributed by atoms with van der Waals surface area (Å²) in [6.45, 7) is 2.07. The van der Waals surface area contributed by atoms with Crippen LogP contribution in [0.3, 0.4) is 0 Å². The van der Waals surface area contributed by atoms with Gasteiger partial charge in [-0.1, -0.05) is 6.92 Å². The van der Waals surface area contributed by atoms with E-state index in [1.54, 1.807) is 0 Å². The first-order valence-corrected chi connectivity index (χ1v) is 3.63. The van der Waals surface area contributed by atoms with E-state index in [-0.39, 0.29) is 6.04 Å². The highest BCUT2D eigenvalue weighted by atomic mass is 15.2.